The first-order chi connectivity index (χ1) is 10.0. The number of methoxy groups -OCH3 is 1. The second kappa shape index (κ2) is 11.4. The molecule has 0 aromatic heterocycles. The Bertz CT molecular complexity index is 465. The van der Waals surface area contributed by atoms with Gasteiger partial charge in [-0.25, -0.2) is 0 Å². The van der Waals surface area contributed by atoms with E-state index >= 15 is 0 Å². The smallest absolute Gasteiger partial charge is 0.387 e. The molecule has 1 aromatic rings. The van der Waals surface area contributed by atoms with Crippen molar-refractivity contribution in [3.8, 4) is 5.75 Å². The van der Waals surface area contributed by atoms with Gasteiger partial charge in [-0.3, -0.25) is 4.79 Å². The van der Waals surface area contributed by atoms with Gasteiger partial charge in [0, 0.05) is 31.8 Å². The molecule has 1 amide bonds. The topological polar surface area (TPSA) is 59.6 Å². The number of rotatable bonds is 9. The summed E-state index contributed by atoms with van der Waals surface area (Å²) in [5.41, 5.74) is -0.0281. The Balaban J connectivity index is 0.00000441. The van der Waals surface area contributed by atoms with Gasteiger partial charge in [0.15, 0.2) is 0 Å². The number of ether oxygens (including phenoxy) is 2. The monoisotopic (exact) mass is 358 g/mol. The number of halogens is 4. The van der Waals surface area contributed by atoms with Crippen LogP contribution in [0.3, 0.4) is 0 Å². The molecule has 1 rings (SSSR count). The first kappa shape index (κ1) is 20.9. The normalized spacial score (nSPS) is 10.2. The third kappa shape index (κ3) is 7.74. The maximum atomic E-state index is 12.3. The molecule has 0 fully saturated rings. The number of benzene rings is 1. The zero-order valence-corrected chi connectivity index (χ0v) is 13.5. The van der Waals surface area contributed by atoms with Gasteiger partial charge in [-0.2, -0.15) is 8.78 Å². The number of hydrogen-bond acceptors (Lipinski definition) is 4. The molecule has 0 radical (unpaired) electrons. The summed E-state index contributed by atoms with van der Waals surface area (Å²) in [6.45, 7) is -0.921. The van der Waals surface area contributed by atoms with E-state index in [9.17, 15) is 13.6 Å². The van der Waals surface area contributed by atoms with Crippen LogP contribution in [0.1, 0.15) is 10.4 Å². The Morgan fingerprint density at radius 3 is 2.68 bits per heavy atom. The highest BCUT2D eigenvalue weighted by Gasteiger charge is 2.16. The summed E-state index contributed by atoms with van der Waals surface area (Å²) in [7, 11) is 1.59. The summed E-state index contributed by atoms with van der Waals surface area (Å²) in [5, 5.41) is 5.89. The van der Waals surface area contributed by atoms with Gasteiger partial charge < -0.3 is 20.1 Å². The van der Waals surface area contributed by atoms with E-state index in [4.69, 9.17) is 16.3 Å². The molecule has 126 valence electrons. The molecule has 0 bridgehead atoms. The van der Waals surface area contributed by atoms with Crippen molar-refractivity contribution in [1.29, 1.82) is 0 Å². The number of carbonyl (C=O) groups excluding carboxylic acids is 1. The molecule has 22 heavy (non-hydrogen) atoms. The zero-order valence-electron chi connectivity index (χ0n) is 11.9. The molecule has 0 spiro atoms. The number of amides is 1. The summed E-state index contributed by atoms with van der Waals surface area (Å²) in [5.74, 6) is -0.735. The zero-order chi connectivity index (χ0) is 15.7. The summed E-state index contributed by atoms with van der Waals surface area (Å²) in [6.07, 6.45) is 0. The fourth-order valence-electron chi connectivity index (χ4n) is 1.54. The molecule has 0 aliphatic heterocycles. The van der Waals surface area contributed by atoms with Gasteiger partial charge in [0.25, 0.3) is 5.91 Å². The van der Waals surface area contributed by atoms with Crippen molar-refractivity contribution in [1.82, 2.24) is 10.6 Å². The van der Waals surface area contributed by atoms with Gasteiger partial charge in [-0.1, -0.05) is 11.6 Å². The van der Waals surface area contributed by atoms with Crippen molar-refractivity contribution in [2.45, 2.75) is 6.61 Å². The SMILES string of the molecule is COCCNCCNC(=O)c1cc(Cl)ccc1OC(F)F.Cl. The van der Waals surface area contributed by atoms with Crippen LogP contribution in [0.15, 0.2) is 18.2 Å². The Hall–Kier alpha value is -1.15. The van der Waals surface area contributed by atoms with Crippen LogP contribution in [-0.4, -0.2) is 45.9 Å². The lowest BCUT2D eigenvalue weighted by molar-refractivity contribution is -0.0501. The third-order valence-corrected chi connectivity index (χ3v) is 2.71. The second-order valence-corrected chi connectivity index (χ2v) is 4.45. The minimum Gasteiger partial charge on any atom is -0.434 e. The van der Waals surface area contributed by atoms with Crippen LogP contribution in [0.25, 0.3) is 0 Å². The minimum absolute atomic E-state index is 0. The fraction of sp³-hybridized carbons (Fsp3) is 0.462. The van der Waals surface area contributed by atoms with Crippen LogP contribution in [-0.2, 0) is 4.74 Å². The largest absolute Gasteiger partial charge is 0.434 e. The van der Waals surface area contributed by atoms with Crippen molar-refractivity contribution in [3.63, 3.8) is 0 Å². The highest BCUT2D eigenvalue weighted by Crippen LogP contribution is 2.24. The van der Waals surface area contributed by atoms with E-state index in [0.717, 1.165) is 0 Å². The first-order valence-corrected chi connectivity index (χ1v) is 6.64. The van der Waals surface area contributed by atoms with Crippen molar-refractivity contribution in [3.05, 3.63) is 28.8 Å². The molecule has 2 N–H and O–H groups in total. The number of hydrogen-bond donors (Lipinski definition) is 2. The van der Waals surface area contributed by atoms with E-state index in [2.05, 4.69) is 15.4 Å². The number of alkyl halides is 2. The van der Waals surface area contributed by atoms with Crippen molar-refractivity contribution >= 4 is 29.9 Å². The molecule has 0 atom stereocenters. The molecule has 0 saturated carbocycles. The Morgan fingerprint density at radius 2 is 2.05 bits per heavy atom. The van der Waals surface area contributed by atoms with Gasteiger partial charge in [0.05, 0.1) is 12.2 Å². The summed E-state index contributed by atoms with van der Waals surface area (Å²) in [4.78, 5) is 11.9. The Labute approximate surface area is 138 Å². The summed E-state index contributed by atoms with van der Waals surface area (Å²) >= 11 is 5.77. The van der Waals surface area contributed by atoms with Crippen LogP contribution in [0, 0.1) is 0 Å². The molecule has 0 aliphatic rings. The summed E-state index contributed by atoms with van der Waals surface area (Å²) in [6, 6.07) is 3.90. The lowest BCUT2D eigenvalue weighted by Gasteiger charge is -2.11. The van der Waals surface area contributed by atoms with Gasteiger partial charge in [0.1, 0.15) is 5.75 Å². The fourth-order valence-corrected chi connectivity index (χ4v) is 1.71. The molecule has 0 saturated heterocycles. The molecule has 0 unspecified atom stereocenters. The molecule has 1 aromatic carbocycles. The van der Waals surface area contributed by atoms with Crippen molar-refractivity contribution < 1.29 is 23.0 Å². The molecule has 9 heteroatoms. The lowest BCUT2D eigenvalue weighted by Crippen LogP contribution is -2.33. The quantitative estimate of drug-likeness (QED) is 0.665. The summed E-state index contributed by atoms with van der Waals surface area (Å²) < 4.78 is 33.7. The number of nitrogens with one attached hydrogen (secondary N) is 2. The van der Waals surface area contributed by atoms with Gasteiger partial charge >= 0.3 is 6.61 Å². The average molecular weight is 359 g/mol. The maximum Gasteiger partial charge on any atom is 0.387 e. The van der Waals surface area contributed by atoms with E-state index in [-0.39, 0.29) is 28.7 Å². The predicted molar refractivity (Wildman–Crippen MR) is 82.4 cm³/mol. The molecule has 0 heterocycles. The van der Waals surface area contributed by atoms with Gasteiger partial charge in [0.2, 0.25) is 0 Å². The predicted octanol–water partition coefficient (Wildman–Crippen LogP) is 2.33. The van der Waals surface area contributed by atoms with E-state index in [1.165, 1.54) is 18.2 Å². The van der Waals surface area contributed by atoms with E-state index in [1.54, 1.807) is 7.11 Å². The molecular weight excluding hydrogens is 341 g/mol. The Kier molecular flexibility index (Phi) is 10.8. The lowest BCUT2D eigenvalue weighted by atomic mass is 10.2. The van der Waals surface area contributed by atoms with E-state index in [1.807, 2.05) is 0 Å². The van der Waals surface area contributed by atoms with Crippen LogP contribution < -0.4 is 15.4 Å². The average Bonchev–Trinajstić information content (AvgIpc) is 2.44. The van der Waals surface area contributed by atoms with Crippen molar-refractivity contribution in [2.75, 3.05) is 33.4 Å². The minimum atomic E-state index is -3.01. The standard InChI is InChI=1S/C13H17ClF2N2O3.ClH/c1-20-7-6-17-4-5-18-12(19)10-8-9(14)2-3-11(10)21-13(15)16;/h2-3,8,13,17H,4-7H2,1H3,(H,18,19);1H. The van der Waals surface area contributed by atoms with Crippen molar-refractivity contribution in [2.24, 2.45) is 0 Å². The third-order valence-electron chi connectivity index (χ3n) is 2.47. The van der Waals surface area contributed by atoms with E-state index in [0.29, 0.717) is 26.2 Å². The van der Waals surface area contributed by atoms with E-state index < -0.39 is 12.5 Å². The van der Waals surface area contributed by atoms with Gasteiger partial charge in [-0.05, 0) is 18.2 Å². The van der Waals surface area contributed by atoms with Crippen LogP contribution >= 0.6 is 24.0 Å². The second-order valence-electron chi connectivity index (χ2n) is 4.02. The molecule has 0 aliphatic carbocycles. The number of carbonyl (C=O) groups is 1. The highest BCUT2D eigenvalue weighted by molar-refractivity contribution is 6.31. The first-order valence-electron chi connectivity index (χ1n) is 6.26. The van der Waals surface area contributed by atoms with Crippen LogP contribution in [0.4, 0.5) is 8.78 Å². The maximum absolute atomic E-state index is 12.3. The Morgan fingerprint density at radius 1 is 1.32 bits per heavy atom. The molecular formula is C13H18Cl2F2N2O3. The van der Waals surface area contributed by atoms with Crippen LogP contribution in [0.5, 0.6) is 5.75 Å². The molecule has 5 nitrogen and oxygen atoms in total. The van der Waals surface area contributed by atoms with Gasteiger partial charge in [-0.15, -0.1) is 12.4 Å². The highest BCUT2D eigenvalue weighted by atomic mass is 35.5. The van der Waals surface area contributed by atoms with Crippen LogP contribution in [0.2, 0.25) is 5.02 Å².